The first kappa shape index (κ1) is 15.5. The van der Waals surface area contributed by atoms with Crippen LogP contribution in [0.1, 0.15) is 12.8 Å². The van der Waals surface area contributed by atoms with E-state index in [2.05, 4.69) is 25.1 Å². The fourth-order valence-electron chi connectivity index (χ4n) is 3.45. The molecular weight excluding hydrogens is 312 g/mol. The van der Waals surface area contributed by atoms with Crippen molar-refractivity contribution in [2.75, 3.05) is 62.9 Å². The van der Waals surface area contributed by atoms with Gasteiger partial charge >= 0.3 is 0 Å². The fraction of sp³-hybridized carbons (Fsp3) is 0.733. The van der Waals surface area contributed by atoms with Crippen LogP contribution < -0.4 is 9.80 Å². The van der Waals surface area contributed by atoms with Gasteiger partial charge in [-0.05, 0) is 29.1 Å². The van der Waals surface area contributed by atoms with Gasteiger partial charge in [0, 0.05) is 33.3 Å². The Hall–Kier alpha value is -2.00. The smallest absolute Gasteiger partial charge is 0.245 e. The van der Waals surface area contributed by atoms with E-state index in [1.54, 1.807) is 7.11 Å². The quantitative estimate of drug-likeness (QED) is 0.802. The van der Waals surface area contributed by atoms with E-state index < -0.39 is 0 Å². The van der Waals surface area contributed by atoms with E-state index in [4.69, 9.17) is 19.1 Å². The summed E-state index contributed by atoms with van der Waals surface area (Å²) in [6, 6.07) is 0. The molecule has 130 valence electrons. The molecule has 0 aromatic carbocycles. The highest BCUT2D eigenvalue weighted by molar-refractivity contribution is 5.74. The third-order valence-electron chi connectivity index (χ3n) is 4.61. The summed E-state index contributed by atoms with van der Waals surface area (Å²) < 4.78 is 15.6. The molecule has 9 heteroatoms. The molecule has 2 fully saturated rings. The first-order valence-corrected chi connectivity index (χ1v) is 8.42. The summed E-state index contributed by atoms with van der Waals surface area (Å²) in [6.45, 7) is 5.64. The van der Waals surface area contributed by atoms with E-state index in [1.165, 1.54) is 6.42 Å². The summed E-state index contributed by atoms with van der Waals surface area (Å²) in [5.41, 5.74) is 0.904. The molecule has 4 rings (SSSR count). The van der Waals surface area contributed by atoms with Gasteiger partial charge in [-0.2, -0.15) is 0 Å². The second-order valence-electron chi connectivity index (χ2n) is 6.29. The number of methoxy groups -OCH3 is 1. The Morgan fingerprint density at radius 3 is 2.46 bits per heavy atom. The van der Waals surface area contributed by atoms with Crippen LogP contribution in [0.25, 0.3) is 11.3 Å². The predicted octanol–water partition coefficient (Wildman–Crippen LogP) is 0.712. The van der Waals surface area contributed by atoms with Crippen LogP contribution >= 0.6 is 0 Å². The van der Waals surface area contributed by atoms with Crippen LogP contribution in [0.15, 0.2) is 4.63 Å². The number of fused-ring (bicyclic) bond motifs is 1. The van der Waals surface area contributed by atoms with Crippen LogP contribution in [0.3, 0.4) is 0 Å². The Morgan fingerprint density at radius 1 is 1.04 bits per heavy atom. The minimum atomic E-state index is 0.450. The number of hydrogen-bond acceptors (Lipinski definition) is 9. The highest BCUT2D eigenvalue weighted by Crippen LogP contribution is 2.31. The van der Waals surface area contributed by atoms with Crippen molar-refractivity contribution in [1.29, 1.82) is 0 Å². The first-order valence-electron chi connectivity index (χ1n) is 8.42. The maximum absolute atomic E-state index is 5.46. The first-order chi connectivity index (χ1) is 11.8. The van der Waals surface area contributed by atoms with Crippen molar-refractivity contribution in [1.82, 2.24) is 20.3 Å². The normalized spacial score (nSPS) is 22.3. The molecule has 0 spiro atoms. The van der Waals surface area contributed by atoms with Gasteiger partial charge in [-0.3, -0.25) is 0 Å². The van der Waals surface area contributed by atoms with Crippen molar-refractivity contribution in [3.8, 4) is 0 Å². The maximum Gasteiger partial charge on any atom is 0.245 e. The van der Waals surface area contributed by atoms with Crippen LogP contribution in [-0.4, -0.2) is 73.4 Å². The molecular formula is C15H22N6O3. The maximum atomic E-state index is 5.46. The van der Waals surface area contributed by atoms with Crippen LogP contribution in [0.4, 0.5) is 11.6 Å². The third kappa shape index (κ3) is 3.01. The van der Waals surface area contributed by atoms with E-state index in [0.717, 1.165) is 50.8 Å². The second-order valence-corrected chi connectivity index (χ2v) is 6.29. The topological polar surface area (TPSA) is 89.6 Å². The molecule has 4 heterocycles. The Bertz CT molecular complexity index is 685. The molecule has 9 nitrogen and oxygen atoms in total. The zero-order valence-electron chi connectivity index (χ0n) is 13.8. The lowest BCUT2D eigenvalue weighted by molar-refractivity contribution is 0.122. The lowest BCUT2D eigenvalue weighted by Gasteiger charge is -2.36. The van der Waals surface area contributed by atoms with Crippen molar-refractivity contribution in [3.63, 3.8) is 0 Å². The molecule has 0 aliphatic carbocycles. The third-order valence-corrected chi connectivity index (χ3v) is 4.61. The van der Waals surface area contributed by atoms with Crippen LogP contribution in [0, 0.1) is 5.92 Å². The van der Waals surface area contributed by atoms with Gasteiger partial charge in [-0.15, -0.1) is 0 Å². The van der Waals surface area contributed by atoms with Crippen molar-refractivity contribution in [2.45, 2.75) is 12.8 Å². The molecule has 2 saturated heterocycles. The van der Waals surface area contributed by atoms with Crippen molar-refractivity contribution < 1.29 is 14.1 Å². The number of morpholine rings is 1. The summed E-state index contributed by atoms with van der Waals surface area (Å²) in [6.07, 6.45) is 2.30. The Kier molecular flexibility index (Phi) is 4.44. The molecule has 2 aliphatic rings. The zero-order chi connectivity index (χ0) is 16.4. The SMILES string of the molecule is COC[C@H]1CCCN(c2nc3nonc3nc2N2CCOCC2)C1. The summed E-state index contributed by atoms with van der Waals surface area (Å²) in [5, 5.41) is 7.71. The number of anilines is 2. The van der Waals surface area contributed by atoms with Crippen LogP contribution in [0.5, 0.6) is 0 Å². The fourth-order valence-corrected chi connectivity index (χ4v) is 3.45. The molecule has 0 unspecified atom stereocenters. The molecule has 0 saturated carbocycles. The standard InChI is InChI=1S/C15H22N6O3/c1-22-10-11-3-2-4-21(9-11)15-14(20-5-7-23-8-6-20)16-12-13(17-15)19-24-18-12/h11H,2-10H2,1H3/t11-/m0/s1. The van der Waals surface area contributed by atoms with Crippen LogP contribution in [-0.2, 0) is 9.47 Å². The molecule has 0 bridgehead atoms. The van der Waals surface area contributed by atoms with Gasteiger partial charge in [0.05, 0.1) is 19.8 Å². The van der Waals surface area contributed by atoms with E-state index >= 15 is 0 Å². The van der Waals surface area contributed by atoms with Gasteiger partial charge in [0.15, 0.2) is 11.6 Å². The molecule has 0 amide bonds. The summed E-state index contributed by atoms with van der Waals surface area (Å²) in [5.74, 6) is 2.22. The minimum absolute atomic E-state index is 0.450. The van der Waals surface area contributed by atoms with Gasteiger partial charge < -0.3 is 19.3 Å². The van der Waals surface area contributed by atoms with E-state index in [1.807, 2.05) is 0 Å². The average Bonchev–Trinajstić information content (AvgIpc) is 3.09. The Morgan fingerprint density at radius 2 is 1.75 bits per heavy atom. The Balaban J connectivity index is 1.69. The molecule has 1 atom stereocenters. The molecule has 0 N–H and O–H groups in total. The number of hydrogen-bond donors (Lipinski definition) is 0. The van der Waals surface area contributed by atoms with Gasteiger partial charge in [-0.1, -0.05) is 0 Å². The van der Waals surface area contributed by atoms with Crippen molar-refractivity contribution >= 4 is 22.9 Å². The van der Waals surface area contributed by atoms with Gasteiger partial charge in [0.1, 0.15) is 0 Å². The predicted molar refractivity (Wildman–Crippen MR) is 87.2 cm³/mol. The van der Waals surface area contributed by atoms with E-state index in [-0.39, 0.29) is 0 Å². The molecule has 2 aliphatic heterocycles. The van der Waals surface area contributed by atoms with Gasteiger partial charge in [-0.25, -0.2) is 14.6 Å². The highest BCUT2D eigenvalue weighted by Gasteiger charge is 2.27. The summed E-state index contributed by atoms with van der Waals surface area (Å²) in [4.78, 5) is 13.9. The number of rotatable bonds is 4. The van der Waals surface area contributed by atoms with Crippen molar-refractivity contribution in [2.24, 2.45) is 5.92 Å². The van der Waals surface area contributed by atoms with Gasteiger partial charge in [0.2, 0.25) is 11.3 Å². The number of piperidine rings is 1. The van der Waals surface area contributed by atoms with Crippen LogP contribution in [0.2, 0.25) is 0 Å². The lowest BCUT2D eigenvalue weighted by atomic mass is 9.99. The van der Waals surface area contributed by atoms with E-state index in [9.17, 15) is 0 Å². The molecule has 24 heavy (non-hydrogen) atoms. The van der Waals surface area contributed by atoms with E-state index in [0.29, 0.717) is 30.4 Å². The average molecular weight is 334 g/mol. The second kappa shape index (κ2) is 6.86. The summed E-state index contributed by atoms with van der Waals surface area (Å²) >= 11 is 0. The number of ether oxygens (including phenoxy) is 2. The zero-order valence-corrected chi connectivity index (χ0v) is 13.8. The monoisotopic (exact) mass is 334 g/mol. The lowest BCUT2D eigenvalue weighted by Crippen LogP contribution is -2.41. The highest BCUT2D eigenvalue weighted by atomic mass is 16.6. The van der Waals surface area contributed by atoms with Crippen molar-refractivity contribution in [3.05, 3.63) is 0 Å². The molecule has 0 radical (unpaired) electrons. The minimum Gasteiger partial charge on any atom is -0.384 e. The number of aromatic nitrogens is 4. The number of nitrogens with zero attached hydrogens (tertiary/aromatic N) is 6. The largest absolute Gasteiger partial charge is 0.384 e. The van der Waals surface area contributed by atoms with Gasteiger partial charge in [0.25, 0.3) is 0 Å². The molecule has 2 aromatic rings. The Labute approximate surface area is 139 Å². The molecule has 2 aromatic heterocycles. The summed E-state index contributed by atoms with van der Waals surface area (Å²) in [7, 11) is 1.75.